The number of fused-ring (bicyclic) bond motifs is 1. The molecule has 2 aromatic carbocycles. The lowest BCUT2D eigenvalue weighted by molar-refractivity contribution is 0.0793. The predicted octanol–water partition coefficient (Wildman–Crippen LogP) is 4.92. The smallest absolute Gasteiger partial charge is 0.257 e. The molecule has 0 radical (unpaired) electrons. The summed E-state index contributed by atoms with van der Waals surface area (Å²) in [4.78, 5) is 19.2. The second-order valence-electron chi connectivity index (χ2n) is 7.13. The number of amides is 1. The third kappa shape index (κ3) is 3.54. The van der Waals surface area contributed by atoms with Crippen LogP contribution in [-0.2, 0) is 0 Å². The summed E-state index contributed by atoms with van der Waals surface area (Å²) in [7, 11) is 0. The molecule has 0 spiro atoms. The topological polar surface area (TPSA) is 45.2 Å². The molecule has 2 heterocycles. The van der Waals surface area contributed by atoms with Gasteiger partial charge in [-0.15, -0.1) is 0 Å². The number of carbonyl (C=O) groups is 1. The quantitative estimate of drug-likeness (QED) is 0.698. The van der Waals surface area contributed by atoms with Crippen LogP contribution in [0.5, 0.6) is 0 Å². The van der Waals surface area contributed by atoms with E-state index in [1.54, 1.807) is 29.3 Å². The Morgan fingerprint density at radius 3 is 2.46 bits per heavy atom. The standard InChI is InChI=1S/C22H21F2N3O/c1-14(15-4-6-16(23)7-5-15)26-21-18-12-17(24)8-9-20(18)25-13-19(21)22(28)27-10-2-3-11-27/h4-9,12-14H,2-3,10-11H2,1H3,(H,25,26)/t14-/m1/s1. The molecule has 0 unspecified atom stereocenters. The fraction of sp³-hybridized carbons (Fsp3) is 0.273. The summed E-state index contributed by atoms with van der Waals surface area (Å²) in [6.07, 6.45) is 3.52. The number of hydrogen-bond acceptors (Lipinski definition) is 3. The van der Waals surface area contributed by atoms with Crippen LogP contribution in [0.1, 0.15) is 41.7 Å². The van der Waals surface area contributed by atoms with E-state index in [4.69, 9.17) is 0 Å². The molecule has 144 valence electrons. The van der Waals surface area contributed by atoms with Gasteiger partial charge in [0.1, 0.15) is 11.6 Å². The summed E-state index contributed by atoms with van der Waals surface area (Å²) in [5.74, 6) is -0.806. The van der Waals surface area contributed by atoms with Gasteiger partial charge in [-0.05, 0) is 55.7 Å². The Balaban J connectivity index is 1.78. The van der Waals surface area contributed by atoms with Gasteiger partial charge in [-0.3, -0.25) is 9.78 Å². The van der Waals surface area contributed by atoms with Crippen LogP contribution in [0, 0.1) is 11.6 Å². The highest BCUT2D eigenvalue weighted by Gasteiger charge is 2.24. The van der Waals surface area contributed by atoms with E-state index in [1.807, 2.05) is 6.92 Å². The molecule has 1 aliphatic heterocycles. The Labute approximate surface area is 162 Å². The van der Waals surface area contributed by atoms with E-state index in [1.165, 1.54) is 24.3 Å². The maximum atomic E-state index is 14.0. The fourth-order valence-corrected chi connectivity index (χ4v) is 3.62. The Kier molecular flexibility index (Phi) is 4.94. The third-order valence-corrected chi connectivity index (χ3v) is 5.18. The number of anilines is 1. The van der Waals surface area contributed by atoms with Gasteiger partial charge in [0, 0.05) is 30.7 Å². The highest BCUT2D eigenvalue weighted by molar-refractivity contribution is 6.07. The van der Waals surface area contributed by atoms with Gasteiger partial charge in [0.15, 0.2) is 0 Å². The zero-order valence-electron chi connectivity index (χ0n) is 15.6. The lowest BCUT2D eigenvalue weighted by Gasteiger charge is -2.22. The first-order valence-electron chi connectivity index (χ1n) is 9.42. The lowest BCUT2D eigenvalue weighted by atomic mass is 10.0. The summed E-state index contributed by atoms with van der Waals surface area (Å²) in [5.41, 5.74) is 2.45. The number of hydrogen-bond donors (Lipinski definition) is 1. The van der Waals surface area contributed by atoms with Gasteiger partial charge < -0.3 is 10.2 Å². The molecular weight excluding hydrogens is 360 g/mol. The summed E-state index contributed by atoms with van der Waals surface area (Å²) in [6, 6.07) is 10.3. The minimum atomic E-state index is -0.391. The van der Waals surface area contributed by atoms with Crippen LogP contribution in [0.3, 0.4) is 0 Å². The van der Waals surface area contributed by atoms with Crippen molar-refractivity contribution in [1.82, 2.24) is 9.88 Å². The molecule has 1 aliphatic rings. The molecule has 0 saturated carbocycles. The second-order valence-corrected chi connectivity index (χ2v) is 7.13. The summed E-state index contributed by atoms with van der Waals surface area (Å²) < 4.78 is 27.2. The monoisotopic (exact) mass is 381 g/mol. The Hall–Kier alpha value is -3.02. The molecule has 4 nitrogen and oxygen atoms in total. The zero-order chi connectivity index (χ0) is 19.7. The molecule has 0 bridgehead atoms. The third-order valence-electron chi connectivity index (χ3n) is 5.18. The molecule has 1 atom stereocenters. The van der Waals surface area contributed by atoms with Crippen molar-refractivity contribution in [2.45, 2.75) is 25.8 Å². The first-order valence-corrected chi connectivity index (χ1v) is 9.42. The molecule has 1 saturated heterocycles. The van der Waals surface area contributed by atoms with E-state index in [0.29, 0.717) is 35.2 Å². The Bertz CT molecular complexity index is 1010. The number of carbonyl (C=O) groups excluding carboxylic acids is 1. The maximum Gasteiger partial charge on any atom is 0.257 e. The van der Waals surface area contributed by atoms with Gasteiger partial charge in [0.05, 0.1) is 16.8 Å². The first kappa shape index (κ1) is 18.3. The normalized spacial score (nSPS) is 15.0. The average molecular weight is 381 g/mol. The van der Waals surface area contributed by atoms with E-state index in [0.717, 1.165) is 18.4 Å². The molecule has 1 fully saturated rings. The molecule has 1 amide bonds. The number of pyridine rings is 1. The average Bonchev–Trinajstić information content (AvgIpc) is 3.23. The van der Waals surface area contributed by atoms with Crippen molar-refractivity contribution in [3.63, 3.8) is 0 Å². The highest BCUT2D eigenvalue weighted by atomic mass is 19.1. The molecular formula is C22H21F2N3O. The van der Waals surface area contributed by atoms with Crippen molar-refractivity contribution < 1.29 is 13.6 Å². The molecule has 0 aliphatic carbocycles. The summed E-state index contributed by atoms with van der Waals surface area (Å²) in [5, 5.41) is 3.90. The van der Waals surface area contributed by atoms with Gasteiger partial charge >= 0.3 is 0 Å². The van der Waals surface area contributed by atoms with Gasteiger partial charge in [0.25, 0.3) is 5.91 Å². The van der Waals surface area contributed by atoms with Crippen molar-refractivity contribution in [3.05, 3.63) is 71.4 Å². The van der Waals surface area contributed by atoms with Crippen molar-refractivity contribution in [1.29, 1.82) is 0 Å². The van der Waals surface area contributed by atoms with E-state index in [-0.39, 0.29) is 17.8 Å². The number of nitrogens with zero attached hydrogens (tertiary/aromatic N) is 2. The lowest BCUT2D eigenvalue weighted by Crippen LogP contribution is -2.28. The Morgan fingerprint density at radius 2 is 1.75 bits per heavy atom. The van der Waals surface area contributed by atoms with Crippen LogP contribution in [0.25, 0.3) is 10.9 Å². The number of halogens is 2. The van der Waals surface area contributed by atoms with Crippen molar-refractivity contribution >= 4 is 22.5 Å². The first-order chi connectivity index (χ1) is 13.5. The maximum absolute atomic E-state index is 14.0. The van der Waals surface area contributed by atoms with Crippen LogP contribution in [0.15, 0.2) is 48.7 Å². The molecule has 3 aromatic rings. The van der Waals surface area contributed by atoms with Crippen LogP contribution in [0.4, 0.5) is 14.5 Å². The summed E-state index contributed by atoms with van der Waals surface area (Å²) in [6.45, 7) is 3.35. The second kappa shape index (κ2) is 7.54. The predicted molar refractivity (Wildman–Crippen MR) is 105 cm³/mol. The van der Waals surface area contributed by atoms with Crippen LogP contribution in [0.2, 0.25) is 0 Å². The number of rotatable bonds is 4. The molecule has 1 aromatic heterocycles. The van der Waals surface area contributed by atoms with Gasteiger partial charge in [-0.1, -0.05) is 12.1 Å². The van der Waals surface area contributed by atoms with E-state index in [9.17, 15) is 13.6 Å². The van der Waals surface area contributed by atoms with Crippen LogP contribution >= 0.6 is 0 Å². The largest absolute Gasteiger partial charge is 0.377 e. The SMILES string of the molecule is C[C@@H](Nc1c(C(=O)N2CCCC2)cnc2ccc(F)cc12)c1ccc(F)cc1. The van der Waals surface area contributed by atoms with Gasteiger partial charge in [0.2, 0.25) is 0 Å². The minimum Gasteiger partial charge on any atom is -0.377 e. The number of aromatic nitrogens is 1. The van der Waals surface area contributed by atoms with Crippen LogP contribution < -0.4 is 5.32 Å². The van der Waals surface area contributed by atoms with Crippen molar-refractivity contribution in [2.75, 3.05) is 18.4 Å². The molecule has 1 N–H and O–H groups in total. The molecule has 4 rings (SSSR count). The minimum absolute atomic E-state index is 0.107. The van der Waals surface area contributed by atoms with Gasteiger partial charge in [-0.25, -0.2) is 8.78 Å². The van der Waals surface area contributed by atoms with E-state index >= 15 is 0 Å². The summed E-state index contributed by atoms with van der Waals surface area (Å²) >= 11 is 0. The number of benzene rings is 2. The van der Waals surface area contributed by atoms with Crippen molar-refractivity contribution in [2.24, 2.45) is 0 Å². The van der Waals surface area contributed by atoms with Crippen molar-refractivity contribution in [3.8, 4) is 0 Å². The fourth-order valence-electron chi connectivity index (χ4n) is 3.62. The van der Waals surface area contributed by atoms with Gasteiger partial charge in [-0.2, -0.15) is 0 Å². The highest BCUT2D eigenvalue weighted by Crippen LogP contribution is 2.31. The van der Waals surface area contributed by atoms with Crippen LogP contribution in [-0.4, -0.2) is 28.9 Å². The van der Waals surface area contributed by atoms with E-state index < -0.39 is 5.82 Å². The van der Waals surface area contributed by atoms with E-state index in [2.05, 4.69) is 10.3 Å². The number of likely N-dealkylation sites (tertiary alicyclic amines) is 1. The zero-order valence-corrected chi connectivity index (χ0v) is 15.6. The molecule has 28 heavy (non-hydrogen) atoms. The number of nitrogens with one attached hydrogen (secondary N) is 1. The Morgan fingerprint density at radius 1 is 1.07 bits per heavy atom. The molecule has 6 heteroatoms.